The Bertz CT molecular complexity index is 483. The molecule has 7 heteroatoms. The van der Waals surface area contributed by atoms with Crippen LogP contribution in [0, 0.1) is 0 Å². The normalized spacial score (nSPS) is 23.2. The first-order chi connectivity index (χ1) is 10.2. The van der Waals surface area contributed by atoms with Crippen molar-refractivity contribution in [3.05, 3.63) is 23.4 Å². The highest BCUT2D eigenvalue weighted by Gasteiger charge is 2.30. The molecule has 3 heterocycles. The summed E-state index contributed by atoms with van der Waals surface area (Å²) in [5.74, 6) is 0.919. The number of nitrogens with zero attached hydrogens (tertiary/aromatic N) is 3. The van der Waals surface area contributed by atoms with Gasteiger partial charge in [0.05, 0.1) is 24.8 Å². The van der Waals surface area contributed by atoms with E-state index in [-0.39, 0.29) is 5.91 Å². The van der Waals surface area contributed by atoms with Crippen molar-refractivity contribution in [1.82, 2.24) is 9.88 Å². The van der Waals surface area contributed by atoms with Crippen LogP contribution in [-0.2, 0) is 14.3 Å². The van der Waals surface area contributed by atoms with E-state index >= 15 is 0 Å². The van der Waals surface area contributed by atoms with Gasteiger partial charge in [-0.15, -0.1) is 0 Å². The molecule has 0 unspecified atom stereocenters. The van der Waals surface area contributed by atoms with Gasteiger partial charge in [0.15, 0.2) is 6.10 Å². The molecule has 0 saturated carbocycles. The summed E-state index contributed by atoms with van der Waals surface area (Å²) in [6.45, 7) is 4.27. The second kappa shape index (κ2) is 6.60. The number of carbonyl (C=O) groups is 1. The minimum Gasteiger partial charge on any atom is -0.376 e. The van der Waals surface area contributed by atoms with Crippen molar-refractivity contribution < 1.29 is 14.3 Å². The van der Waals surface area contributed by atoms with Crippen LogP contribution >= 0.6 is 11.6 Å². The van der Waals surface area contributed by atoms with Gasteiger partial charge in [-0.3, -0.25) is 4.79 Å². The zero-order valence-corrected chi connectivity index (χ0v) is 12.5. The van der Waals surface area contributed by atoms with Gasteiger partial charge in [-0.1, -0.05) is 11.6 Å². The molecule has 2 aliphatic heterocycles. The number of aromatic nitrogens is 1. The Morgan fingerprint density at radius 1 is 1.24 bits per heavy atom. The number of ether oxygens (including phenoxy) is 2. The van der Waals surface area contributed by atoms with E-state index < -0.39 is 6.10 Å². The van der Waals surface area contributed by atoms with E-state index in [0.717, 1.165) is 18.9 Å². The average Bonchev–Trinajstić information content (AvgIpc) is 2.56. The topological polar surface area (TPSA) is 54.9 Å². The summed E-state index contributed by atoms with van der Waals surface area (Å²) in [4.78, 5) is 20.6. The Kier molecular flexibility index (Phi) is 4.57. The maximum atomic E-state index is 12.3. The molecule has 0 aliphatic carbocycles. The van der Waals surface area contributed by atoms with Gasteiger partial charge >= 0.3 is 0 Å². The van der Waals surface area contributed by atoms with Crippen molar-refractivity contribution >= 4 is 23.3 Å². The molecule has 1 amide bonds. The highest BCUT2D eigenvalue weighted by Crippen LogP contribution is 2.17. The lowest BCUT2D eigenvalue weighted by Crippen LogP contribution is -2.53. The van der Waals surface area contributed by atoms with Crippen molar-refractivity contribution in [2.75, 3.05) is 50.9 Å². The predicted octanol–water partition coefficient (Wildman–Crippen LogP) is 0.799. The van der Waals surface area contributed by atoms with Crippen molar-refractivity contribution in [2.24, 2.45) is 0 Å². The highest BCUT2D eigenvalue weighted by atomic mass is 35.5. The molecule has 0 radical (unpaired) electrons. The maximum Gasteiger partial charge on any atom is 0.254 e. The summed E-state index contributed by atoms with van der Waals surface area (Å²) >= 11 is 5.84. The van der Waals surface area contributed by atoms with E-state index in [1.807, 2.05) is 17.0 Å². The monoisotopic (exact) mass is 311 g/mol. The summed E-state index contributed by atoms with van der Waals surface area (Å²) in [6, 6.07) is 3.73. The molecular formula is C14H18ClN3O3. The highest BCUT2D eigenvalue weighted by molar-refractivity contribution is 6.30. The molecule has 114 valence electrons. The standard InChI is InChI=1S/C14H18ClN3O3/c15-11-1-2-13(16-9-11)17-3-5-18(6-4-17)14(19)12-10-20-7-8-21-12/h1-2,9,12H,3-8,10H2/t12-/m0/s1. The van der Waals surface area contributed by atoms with Crippen molar-refractivity contribution in [2.45, 2.75) is 6.10 Å². The smallest absolute Gasteiger partial charge is 0.254 e. The number of hydrogen-bond acceptors (Lipinski definition) is 5. The van der Waals surface area contributed by atoms with Crippen LogP contribution in [0.5, 0.6) is 0 Å². The quantitative estimate of drug-likeness (QED) is 0.808. The van der Waals surface area contributed by atoms with Gasteiger partial charge in [0.1, 0.15) is 5.82 Å². The number of pyridine rings is 1. The number of hydrogen-bond donors (Lipinski definition) is 0. The Morgan fingerprint density at radius 3 is 2.67 bits per heavy atom. The zero-order chi connectivity index (χ0) is 14.7. The largest absolute Gasteiger partial charge is 0.376 e. The Morgan fingerprint density at radius 2 is 2.05 bits per heavy atom. The molecule has 0 N–H and O–H groups in total. The summed E-state index contributed by atoms with van der Waals surface area (Å²) in [7, 11) is 0. The van der Waals surface area contributed by atoms with Gasteiger partial charge in [0, 0.05) is 32.4 Å². The van der Waals surface area contributed by atoms with E-state index in [0.29, 0.717) is 37.9 Å². The van der Waals surface area contributed by atoms with Gasteiger partial charge in [-0.05, 0) is 12.1 Å². The SMILES string of the molecule is O=C([C@@H]1COCCO1)N1CCN(c2ccc(Cl)cn2)CC1. The molecule has 6 nitrogen and oxygen atoms in total. The van der Waals surface area contributed by atoms with Crippen LogP contribution in [0.2, 0.25) is 5.02 Å². The van der Waals surface area contributed by atoms with Gasteiger partial charge in [0.2, 0.25) is 0 Å². The Balaban J connectivity index is 1.54. The molecule has 2 saturated heterocycles. The summed E-state index contributed by atoms with van der Waals surface area (Å²) in [5.41, 5.74) is 0. The molecule has 2 aliphatic rings. The number of carbonyl (C=O) groups excluding carboxylic acids is 1. The fourth-order valence-corrected chi connectivity index (χ4v) is 2.66. The van der Waals surface area contributed by atoms with Crippen LogP contribution in [0.25, 0.3) is 0 Å². The fraction of sp³-hybridized carbons (Fsp3) is 0.571. The molecule has 1 atom stereocenters. The third kappa shape index (κ3) is 3.45. The molecule has 3 rings (SSSR count). The first-order valence-corrected chi connectivity index (χ1v) is 7.46. The number of anilines is 1. The predicted molar refractivity (Wildman–Crippen MR) is 78.6 cm³/mol. The molecular weight excluding hydrogens is 294 g/mol. The lowest BCUT2D eigenvalue weighted by molar-refractivity contribution is -0.158. The third-order valence-electron chi connectivity index (χ3n) is 3.72. The van der Waals surface area contributed by atoms with Crippen LogP contribution in [0.4, 0.5) is 5.82 Å². The van der Waals surface area contributed by atoms with Crippen LogP contribution < -0.4 is 4.90 Å². The maximum absolute atomic E-state index is 12.3. The molecule has 0 spiro atoms. The van der Waals surface area contributed by atoms with Crippen molar-refractivity contribution in [1.29, 1.82) is 0 Å². The van der Waals surface area contributed by atoms with Crippen molar-refractivity contribution in [3.63, 3.8) is 0 Å². The first-order valence-electron chi connectivity index (χ1n) is 7.09. The number of rotatable bonds is 2. The van der Waals surface area contributed by atoms with Gasteiger partial charge in [-0.2, -0.15) is 0 Å². The van der Waals surface area contributed by atoms with E-state index in [9.17, 15) is 4.79 Å². The molecule has 1 aromatic rings. The molecule has 1 aromatic heterocycles. The van der Waals surface area contributed by atoms with Crippen LogP contribution in [-0.4, -0.2) is 67.9 Å². The number of halogens is 1. The van der Waals surface area contributed by atoms with Crippen molar-refractivity contribution in [3.8, 4) is 0 Å². The van der Waals surface area contributed by atoms with Gasteiger partial charge < -0.3 is 19.3 Å². The van der Waals surface area contributed by atoms with E-state index in [1.165, 1.54) is 0 Å². The lowest BCUT2D eigenvalue weighted by Gasteiger charge is -2.37. The average molecular weight is 312 g/mol. The molecule has 21 heavy (non-hydrogen) atoms. The van der Waals surface area contributed by atoms with Gasteiger partial charge in [-0.25, -0.2) is 4.98 Å². The zero-order valence-electron chi connectivity index (χ0n) is 11.7. The summed E-state index contributed by atoms with van der Waals surface area (Å²) in [5, 5.41) is 0.627. The minimum absolute atomic E-state index is 0.0263. The van der Waals surface area contributed by atoms with Gasteiger partial charge in [0.25, 0.3) is 5.91 Å². The number of piperazine rings is 1. The molecule has 0 aromatic carbocycles. The van der Waals surface area contributed by atoms with Crippen LogP contribution in [0.15, 0.2) is 18.3 Å². The Labute approximate surface area is 128 Å². The van der Waals surface area contributed by atoms with E-state index in [2.05, 4.69) is 9.88 Å². The molecule has 2 fully saturated rings. The van der Waals surface area contributed by atoms with Crippen LogP contribution in [0.1, 0.15) is 0 Å². The number of amides is 1. The minimum atomic E-state index is -0.445. The first kappa shape index (κ1) is 14.6. The second-order valence-electron chi connectivity index (χ2n) is 5.08. The summed E-state index contributed by atoms with van der Waals surface area (Å²) < 4.78 is 10.8. The molecule has 0 bridgehead atoms. The second-order valence-corrected chi connectivity index (χ2v) is 5.52. The lowest BCUT2D eigenvalue weighted by atomic mass is 10.2. The van der Waals surface area contributed by atoms with E-state index in [1.54, 1.807) is 6.20 Å². The summed E-state index contributed by atoms with van der Waals surface area (Å²) in [6.07, 6.45) is 1.20. The fourth-order valence-electron chi connectivity index (χ4n) is 2.54. The van der Waals surface area contributed by atoms with Crippen LogP contribution in [0.3, 0.4) is 0 Å². The third-order valence-corrected chi connectivity index (χ3v) is 3.94. The Hall–Kier alpha value is -1.37. The van der Waals surface area contributed by atoms with E-state index in [4.69, 9.17) is 21.1 Å².